The zero-order valence-corrected chi connectivity index (χ0v) is 7.20. The van der Waals surface area contributed by atoms with E-state index < -0.39 is 4.92 Å². The minimum atomic E-state index is -0.514. The summed E-state index contributed by atoms with van der Waals surface area (Å²) in [6, 6.07) is 6.79. The van der Waals surface area contributed by atoms with E-state index in [0.29, 0.717) is 0 Å². The molecule has 0 amide bonds. The fourth-order valence-electron chi connectivity index (χ4n) is 1.15. The van der Waals surface area contributed by atoms with Crippen LogP contribution in [0.4, 0.5) is 5.82 Å². The van der Waals surface area contributed by atoms with Crippen LogP contribution >= 0.6 is 0 Å². The quantitative estimate of drug-likeness (QED) is 0.534. The van der Waals surface area contributed by atoms with Crippen LogP contribution in [-0.2, 0) is 0 Å². The number of hydrogen-bond donors (Lipinski definition) is 0. The molecule has 2 rings (SSSR count). The van der Waals surface area contributed by atoms with Crippen molar-refractivity contribution in [3.63, 3.8) is 0 Å². The van der Waals surface area contributed by atoms with Crippen LogP contribution in [0.5, 0.6) is 0 Å². The molecule has 0 saturated heterocycles. The number of pyridine rings is 1. The highest BCUT2D eigenvalue weighted by Crippen LogP contribution is 2.11. The molecular weight excluding hydrogens is 182 g/mol. The van der Waals surface area contributed by atoms with Crippen molar-refractivity contribution in [2.45, 2.75) is 0 Å². The van der Waals surface area contributed by atoms with Crippen LogP contribution in [0.15, 0.2) is 42.9 Å². The minimum Gasteiger partial charge on any atom is -0.358 e. The van der Waals surface area contributed by atoms with Crippen molar-refractivity contribution >= 4 is 5.82 Å². The molecule has 5 nitrogen and oxygen atoms in total. The normalized spacial score (nSPS) is 10.0. The first-order valence-corrected chi connectivity index (χ1v) is 4.01. The first-order chi connectivity index (χ1) is 6.77. The molecule has 0 atom stereocenters. The van der Waals surface area contributed by atoms with E-state index in [0.717, 1.165) is 5.69 Å². The summed E-state index contributed by atoms with van der Waals surface area (Å²) >= 11 is 0. The fraction of sp³-hybridized carbons (Fsp3) is 0. The second-order valence-corrected chi connectivity index (χ2v) is 2.72. The standard InChI is InChI=1S/C9H7N3O2/c13-12(14)9-4-3-8(7-10-9)11-5-1-2-6-11/h1-7H. The summed E-state index contributed by atoms with van der Waals surface area (Å²) in [6.07, 6.45) is 5.17. The monoisotopic (exact) mass is 189 g/mol. The van der Waals surface area contributed by atoms with Crippen LogP contribution in [0.2, 0.25) is 0 Å². The van der Waals surface area contributed by atoms with Crippen LogP contribution in [0, 0.1) is 10.1 Å². The molecule has 2 heterocycles. The van der Waals surface area contributed by atoms with E-state index >= 15 is 0 Å². The molecule has 0 aliphatic rings. The van der Waals surface area contributed by atoms with Crippen molar-refractivity contribution in [1.29, 1.82) is 0 Å². The predicted octanol–water partition coefficient (Wildman–Crippen LogP) is 1.78. The van der Waals surface area contributed by atoms with Crippen LogP contribution in [0.1, 0.15) is 0 Å². The average molecular weight is 189 g/mol. The lowest BCUT2D eigenvalue weighted by Gasteiger charge is -1.98. The zero-order valence-electron chi connectivity index (χ0n) is 7.20. The molecule has 14 heavy (non-hydrogen) atoms. The van der Waals surface area contributed by atoms with E-state index in [1.54, 1.807) is 6.07 Å². The van der Waals surface area contributed by atoms with Gasteiger partial charge in [0.25, 0.3) is 0 Å². The third kappa shape index (κ3) is 1.47. The lowest BCUT2D eigenvalue weighted by Crippen LogP contribution is -1.94. The maximum Gasteiger partial charge on any atom is 0.363 e. The number of aromatic nitrogens is 2. The molecule has 5 heteroatoms. The lowest BCUT2D eigenvalue weighted by molar-refractivity contribution is -0.389. The van der Waals surface area contributed by atoms with Gasteiger partial charge in [0.1, 0.15) is 0 Å². The Bertz CT molecular complexity index is 434. The van der Waals surface area contributed by atoms with Gasteiger partial charge in [-0.05, 0) is 28.1 Å². The van der Waals surface area contributed by atoms with E-state index in [1.165, 1.54) is 12.3 Å². The Balaban J connectivity index is 2.36. The summed E-state index contributed by atoms with van der Waals surface area (Å²) in [5.41, 5.74) is 0.806. The van der Waals surface area contributed by atoms with Crippen LogP contribution in [-0.4, -0.2) is 14.5 Å². The Morgan fingerprint density at radius 2 is 2.00 bits per heavy atom. The number of nitrogens with zero attached hydrogens (tertiary/aromatic N) is 3. The van der Waals surface area contributed by atoms with Gasteiger partial charge in [0.15, 0.2) is 6.20 Å². The van der Waals surface area contributed by atoms with Gasteiger partial charge in [-0.1, -0.05) is 0 Å². The highest BCUT2D eigenvalue weighted by atomic mass is 16.6. The summed E-state index contributed by atoms with van der Waals surface area (Å²) in [6.45, 7) is 0. The summed E-state index contributed by atoms with van der Waals surface area (Å²) < 4.78 is 1.83. The molecule has 0 bridgehead atoms. The fourth-order valence-corrected chi connectivity index (χ4v) is 1.15. The Morgan fingerprint density at radius 1 is 1.29 bits per heavy atom. The van der Waals surface area contributed by atoms with E-state index in [4.69, 9.17) is 0 Å². The first-order valence-electron chi connectivity index (χ1n) is 4.01. The van der Waals surface area contributed by atoms with Gasteiger partial charge in [-0.25, -0.2) is 0 Å². The van der Waals surface area contributed by atoms with Gasteiger partial charge >= 0.3 is 5.82 Å². The van der Waals surface area contributed by atoms with E-state index in [-0.39, 0.29) is 5.82 Å². The van der Waals surface area contributed by atoms with Crippen molar-refractivity contribution in [2.75, 3.05) is 0 Å². The highest BCUT2D eigenvalue weighted by Gasteiger charge is 2.06. The summed E-state index contributed by atoms with van der Waals surface area (Å²) in [5, 5.41) is 10.3. The molecule has 0 N–H and O–H groups in total. The Morgan fingerprint density at radius 3 is 2.50 bits per heavy atom. The summed E-state index contributed by atoms with van der Waals surface area (Å²) in [5.74, 6) is -0.138. The Labute approximate surface area is 79.8 Å². The van der Waals surface area contributed by atoms with Gasteiger partial charge in [0.2, 0.25) is 0 Å². The van der Waals surface area contributed by atoms with E-state index in [9.17, 15) is 10.1 Å². The van der Waals surface area contributed by atoms with Gasteiger partial charge in [-0.15, -0.1) is 0 Å². The molecule has 0 aliphatic heterocycles. The lowest BCUT2D eigenvalue weighted by atomic mass is 10.4. The van der Waals surface area contributed by atoms with E-state index in [1.807, 2.05) is 29.1 Å². The third-order valence-corrected chi connectivity index (χ3v) is 1.82. The Hall–Kier alpha value is -2.17. The average Bonchev–Trinajstić information content (AvgIpc) is 2.71. The largest absolute Gasteiger partial charge is 0.363 e. The third-order valence-electron chi connectivity index (χ3n) is 1.82. The number of hydrogen-bond acceptors (Lipinski definition) is 3. The maximum absolute atomic E-state index is 10.3. The van der Waals surface area contributed by atoms with Crippen LogP contribution in [0.3, 0.4) is 0 Å². The van der Waals surface area contributed by atoms with Crippen molar-refractivity contribution in [1.82, 2.24) is 9.55 Å². The second kappa shape index (κ2) is 3.29. The highest BCUT2D eigenvalue weighted by molar-refractivity contribution is 5.34. The zero-order chi connectivity index (χ0) is 9.97. The smallest absolute Gasteiger partial charge is 0.358 e. The maximum atomic E-state index is 10.3. The molecule has 0 radical (unpaired) electrons. The van der Waals surface area contributed by atoms with Crippen molar-refractivity contribution in [3.05, 3.63) is 53.0 Å². The molecule has 0 saturated carbocycles. The predicted molar refractivity (Wildman–Crippen MR) is 50.2 cm³/mol. The summed E-state index contributed by atoms with van der Waals surface area (Å²) in [7, 11) is 0. The first kappa shape index (κ1) is 8.43. The minimum absolute atomic E-state index is 0.138. The van der Waals surface area contributed by atoms with E-state index in [2.05, 4.69) is 4.98 Å². The SMILES string of the molecule is O=[N+]([O-])c1ccc(-n2cccc2)cn1. The number of nitro groups is 1. The molecule has 0 fully saturated rings. The van der Waals surface area contributed by atoms with Crippen LogP contribution < -0.4 is 0 Å². The molecule has 2 aromatic heterocycles. The molecule has 0 spiro atoms. The molecule has 2 aromatic rings. The van der Waals surface area contributed by atoms with Crippen molar-refractivity contribution in [3.8, 4) is 5.69 Å². The van der Waals surface area contributed by atoms with Gasteiger partial charge < -0.3 is 14.7 Å². The van der Waals surface area contributed by atoms with Gasteiger partial charge in [-0.2, -0.15) is 0 Å². The van der Waals surface area contributed by atoms with Gasteiger partial charge in [0.05, 0.1) is 5.69 Å². The molecule has 0 unspecified atom stereocenters. The van der Waals surface area contributed by atoms with Gasteiger partial charge in [-0.3, -0.25) is 0 Å². The number of rotatable bonds is 2. The van der Waals surface area contributed by atoms with Gasteiger partial charge in [0, 0.05) is 18.5 Å². The van der Waals surface area contributed by atoms with Crippen molar-refractivity contribution < 1.29 is 4.92 Å². The molecule has 70 valence electrons. The molecule has 0 aliphatic carbocycles. The second-order valence-electron chi connectivity index (χ2n) is 2.72. The van der Waals surface area contributed by atoms with Crippen molar-refractivity contribution in [2.24, 2.45) is 0 Å². The van der Waals surface area contributed by atoms with Crippen LogP contribution in [0.25, 0.3) is 5.69 Å². The topological polar surface area (TPSA) is 61.0 Å². The Kier molecular flexibility index (Phi) is 1.98. The molecule has 0 aromatic carbocycles. The summed E-state index contributed by atoms with van der Waals surface area (Å²) in [4.78, 5) is 13.5. The molecular formula is C9H7N3O2.